The van der Waals surface area contributed by atoms with Gasteiger partial charge in [0.2, 0.25) is 0 Å². The van der Waals surface area contributed by atoms with Gasteiger partial charge in [-0.3, -0.25) is 0 Å². The molecular weight excluding hydrogens is 497 g/mol. The number of hydrogen-bond acceptors (Lipinski definition) is 4. The Bertz CT molecular complexity index is 960. The van der Waals surface area contributed by atoms with Gasteiger partial charge < -0.3 is 4.74 Å². The number of carbonyl (C=O) groups is 1. The van der Waals surface area contributed by atoms with E-state index in [0.717, 1.165) is 19.3 Å². The minimum atomic E-state index is -0.760. The summed E-state index contributed by atoms with van der Waals surface area (Å²) in [4.78, 5) is 17.5. The first-order chi connectivity index (χ1) is 12.0. The maximum absolute atomic E-state index is 12.9. The second kappa shape index (κ2) is 6.35. The summed E-state index contributed by atoms with van der Waals surface area (Å²) in [6.07, 6.45) is 0.710. The van der Waals surface area contributed by atoms with Crippen LogP contribution in [0.25, 0.3) is 11.0 Å². The van der Waals surface area contributed by atoms with Gasteiger partial charge in [0, 0.05) is 0 Å². The average molecular weight is 512 g/mol. The quantitative estimate of drug-likeness (QED) is 0.298. The number of pyridine rings is 1. The lowest BCUT2D eigenvalue weighted by molar-refractivity contribution is -0.151. The second-order valence-corrected chi connectivity index (χ2v) is 8.13. The van der Waals surface area contributed by atoms with Gasteiger partial charge in [-0.1, -0.05) is 37.3 Å². The number of carbonyl (C=O) groups excluding carboxylic acids is 1. The van der Waals surface area contributed by atoms with Crippen molar-refractivity contribution in [3.05, 3.63) is 56.3 Å². The summed E-state index contributed by atoms with van der Waals surface area (Å²) >= 11 is 5.59. The van der Waals surface area contributed by atoms with Crippen LogP contribution in [0.15, 0.2) is 47.1 Å². The maximum atomic E-state index is 12.9. The molecule has 2 atom stereocenters. The average Bonchev–Trinajstić information content (AvgIpc) is 3.19. The molecule has 0 radical (unpaired) electrons. The fourth-order valence-corrected chi connectivity index (χ4v) is 4.07. The van der Waals surface area contributed by atoms with Crippen LogP contribution in [0.4, 0.5) is 0 Å². The Hall–Kier alpha value is -1.48. The maximum Gasteiger partial charge on any atom is 0.334 e. The van der Waals surface area contributed by atoms with Crippen LogP contribution >= 0.6 is 38.5 Å². The third-order valence-electron chi connectivity index (χ3n) is 4.67. The van der Waals surface area contributed by atoms with Crippen molar-refractivity contribution in [1.82, 2.24) is 14.8 Å². The zero-order chi connectivity index (χ0) is 17.6. The second-order valence-electron chi connectivity index (χ2n) is 6.30. The van der Waals surface area contributed by atoms with E-state index in [9.17, 15) is 4.79 Å². The predicted molar refractivity (Wildman–Crippen MR) is 106 cm³/mol. The molecule has 2 heterocycles. The Morgan fingerprint density at radius 1 is 1.36 bits per heavy atom. The SMILES string of the molecule is C[C@H]1C[C@]1(C(=O)OCc1ccccc1)n1nc(I)c2ccc(Br)nc21. The van der Waals surface area contributed by atoms with Gasteiger partial charge in [0.15, 0.2) is 11.2 Å². The van der Waals surface area contributed by atoms with E-state index >= 15 is 0 Å². The molecule has 0 spiro atoms. The van der Waals surface area contributed by atoms with Gasteiger partial charge in [-0.15, -0.1) is 0 Å². The van der Waals surface area contributed by atoms with Crippen molar-refractivity contribution in [3.63, 3.8) is 0 Å². The standard InChI is InChI=1S/C18H15BrIN3O2/c1-11-9-18(11,17(24)25-10-12-5-3-2-4-6-12)23-16-13(15(20)22-23)7-8-14(19)21-16/h2-8,11H,9-10H2,1H3/t11-,18-/m0/s1. The topological polar surface area (TPSA) is 57.0 Å². The molecule has 0 bridgehead atoms. The monoisotopic (exact) mass is 511 g/mol. The molecule has 0 saturated heterocycles. The Balaban J connectivity index is 1.68. The summed E-state index contributed by atoms with van der Waals surface area (Å²) in [5.74, 6) is -0.0816. The summed E-state index contributed by atoms with van der Waals surface area (Å²) in [6, 6.07) is 13.5. The largest absolute Gasteiger partial charge is 0.459 e. The van der Waals surface area contributed by atoms with E-state index in [0.29, 0.717) is 12.1 Å². The number of nitrogens with zero attached hydrogens (tertiary/aromatic N) is 3. The molecule has 128 valence electrons. The fourth-order valence-electron chi connectivity index (χ4n) is 3.14. The normalized spacial score (nSPS) is 22.1. The first-order valence-electron chi connectivity index (χ1n) is 7.95. The Morgan fingerprint density at radius 2 is 2.08 bits per heavy atom. The third-order valence-corrected chi connectivity index (χ3v) is 5.91. The van der Waals surface area contributed by atoms with Gasteiger partial charge in [0.25, 0.3) is 0 Å². The molecule has 0 unspecified atom stereocenters. The minimum absolute atomic E-state index is 0.162. The number of halogens is 2. The first kappa shape index (κ1) is 17.0. The molecule has 1 saturated carbocycles. The summed E-state index contributed by atoms with van der Waals surface area (Å²) in [6.45, 7) is 2.31. The number of benzene rings is 1. The zero-order valence-corrected chi connectivity index (χ0v) is 17.2. The van der Waals surface area contributed by atoms with Crippen molar-refractivity contribution in [2.24, 2.45) is 5.92 Å². The number of fused-ring (bicyclic) bond motifs is 1. The molecule has 1 fully saturated rings. The van der Waals surface area contributed by atoms with Gasteiger partial charge in [-0.2, -0.15) is 5.10 Å². The van der Waals surface area contributed by atoms with Crippen LogP contribution < -0.4 is 0 Å². The molecule has 1 aliphatic rings. The highest BCUT2D eigenvalue weighted by molar-refractivity contribution is 14.1. The molecule has 4 rings (SSSR count). The lowest BCUT2D eigenvalue weighted by Crippen LogP contribution is -2.33. The third kappa shape index (κ3) is 2.87. The van der Waals surface area contributed by atoms with Crippen LogP contribution in [0.5, 0.6) is 0 Å². The Morgan fingerprint density at radius 3 is 2.76 bits per heavy atom. The van der Waals surface area contributed by atoms with Crippen LogP contribution in [0.3, 0.4) is 0 Å². The van der Waals surface area contributed by atoms with E-state index in [2.05, 4.69) is 48.6 Å². The zero-order valence-electron chi connectivity index (χ0n) is 13.4. The van der Waals surface area contributed by atoms with Crippen LogP contribution in [0.1, 0.15) is 18.9 Å². The Labute approximate surface area is 167 Å². The van der Waals surface area contributed by atoms with Crippen molar-refractivity contribution < 1.29 is 9.53 Å². The van der Waals surface area contributed by atoms with Crippen molar-refractivity contribution in [2.75, 3.05) is 0 Å². The molecule has 25 heavy (non-hydrogen) atoms. The van der Waals surface area contributed by atoms with Gasteiger partial charge in [-0.25, -0.2) is 14.5 Å². The summed E-state index contributed by atoms with van der Waals surface area (Å²) < 4.78 is 8.94. The van der Waals surface area contributed by atoms with E-state index in [1.165, 1.54) is 0 Å². The molecule has 0 N–H and O–H groups in total. The van der Waals surface area contributed by atoms with E-state index in [-0.39, 0.29) is 18.5 Å². The summed E-state index contributed by atoms with van der Waals surface area (Å²) in [5.41, 5.74) is 0.921. The predicted octanol–water partition coefficient (Wildman–Crippen LogP) is 4.28. The number of ether oxygens (including phenoxy) is 1. The van der Waals surface area contributed by atoms with Crippen LogP contribution in [0.2, 0.25) is 0 Å². The van der Waals surface area contributed by atoms with Crippen LogP contribution in [-0.2, 0) is 21.7 Å². The number of aromatic nitrogens is 3. The molecule has 3 aromatic rings. The van der Waals surface area contributed by atoms with E-state index in [1.807, 2.05) is 49.4 Å². The summed E-state index contributed by atoms with van der Waals surface area (Å²) in [7, 11) is 0. The van der Waals surface area contributed by atoms with Crippen molar-refractivity contribution in [3.8, 4) is 0 Å². The number of rotatable bonds is 4. The van der Waals surface area contributed by atoms with Crippen molar-refractivity contribution in [2.45, 2.75) is 25.5 Å². The van der Waals surface area contributed by atoms with Gasteiger partial charge in [0.05, 0.1) is 5.39 Å². The molecule has 0 aliphatic heterocycles. The smallest absolute Gasteiger partial charge is 0.334 e. The van der Waals surface area contributed by atoms with Gasteiger partial charge in [-0.05, 0) is 68.6 Å². The molecule has 0 amide bonds. The van der Waals surface area contributed by atoms with Gasteiger partial charge in [0.1, 0.15) is 14.9 Å². The molecule has 1 aromatic carbocycles. The van der Waals surface area contributed by atoms with E-state index in [1.54, 1.807) is 4.68 Å². The lowest BCUT2D eigenvalue weighted by atomic mass is 10.2. The van der Waals surface area contributed by atoms with Crippen molar-refractivity contribution >= 4 is 55.5 Å². The Kier molecular flexibility index (Phi) is 4.31. The highest BCUT2D eigenvalue weighted by Gasteiger charge is 2.62. The van der Waals surface area contributed by atoms with E-state index in [4.69, 9.17) is 4.74 Å². The highest BCUT2D eigenvalue weighted by atomic mass is 127. The van der Waals surface area contributed by atoms with Crippen molar-refractivity contribution in [1.29, 1.82) is 0 Å². The molecular formula is C18H15BrIN3O2. The number of esters is 1. The fraction of sp³-hybridized carbons (Fsp3) is 0.278. The van der Waals surface area contributed by atoms with E-state index < -0.39 is 5.54 Å². The molecule has 7 heteroatoms. The summed E-state index contributed by atoms with van der Waals surface area (Å²) in [5, 5.41) is 5.55. The molecule has 2 aromatic heterocycles. The number of hydrogen-bond donors (Lipinski definition) is 0. The molecule has 5 nitrogen and oxygen atoms in total. The first-order valence-corrected chi connectivity index (χ1v) is 9.82. The van der Waals surface area contributed by atoms with Crippen LogP contribution in [-0.4, -0.2) is 20.7 Å². The molecule has 1 aliphatic carbocycles. The minimum Gasteiger partial charge on any atom is -0.459 e. The highest BCUT2D eigenvalue weighted by Crippen LogP contribution is 2.52. The van der Waals surface area contributed by atoms with Crippen LogP contribution in [0, 0.1) is 9.62 Å². The lowest BCUT2D eigenvalue weighted by Gasteiger charge is -2.17. The van der Waals surface area contributed by atoms with Gasteiger partial charge >= 0.3 is 5.97 Å².